The molecule has 0 aliphatic heterocycles. The van der Waals surface area contributed by atoms with E-state index < -0.39 is 24.5 Å². The Morgan fingerprint density at radius 1 is 1.23 bits per heavy atom. The van der Waals surface area contributed by atoms with Crippen LogP contribution in [0.5, 0.6) is 0 Å². The van der Waals surface area contributed by atoms with Crippen LogP contribution in [0.2, 0.25) is 0 Å². The highest BCUT2D eigenvalue weighted by atomic mass is 16.4. The number of carbonyl (C=O) groups excluding carboxylic acids is 1. The molecular weight excluding hydrogens is 182 g/mol. The number of azide groups is 1. The van der Waals surface area contributed by atoms with Crippen LogP contribution in [0, 0.1) is 0 Å². The molecule has 4 N–H and O–H groups in total. The molecule has 8 heteroatoms. The molecule has 8 nitrogen and oxygen atoms in total. The van der Waals surface area contributed by atoms with Crippen molar-refractivity contribution in [2.45, 2.75) is 24.5 Å². The van der Waals surface area contributed by atoms with Crippen molar-refractivity contribution >= 4 is 6.29 Å². The highest BCUT2D eigenvalue weighted by Crippen LogP contribution is 2.04. The smallest absolute Gasteiger partial charge is 0.161 e. The van der Waals surface area contributed by atoms with Crippen LogP contribution in [0.15, 0.2) is 5.11 Å². The largest absolute Gasteiger partial charge is 0.387 e. The Bertz CT molecular complexity index is 216. The Hall–Kier alpha value is -1.18. The number of aliphatic hydroxyl groups is 4. The first kappa shape index (κ1) is 11.8. The molecule has 0 aliphatic rings. The molecule has 0 bridgehead atoms. The van der Waals surface area contributed by atoms with E-state index in [1.54, 1.807) is 0 Å². The SMILES string of the molecule is [N-]=[N+]=N[C@@H](O)[C@@H](O)[C@H](O)[C@@H](O)C=O. The zero-order chi connectivity index (χ0) is 10.4. The van der Waals surface area contributed by atoms with Gasteiger partial charge in [0.25, 0.3) is 0 Å². The quantitative estimate of drug-likeness (QED) is 0.170. The Labute approximate surface area is 72.7 Å². The van der Waals surface area contributed by atoms with Crippen LogP contribution in [0.25, 0.3) is 10.4 Å². The molecule has 0 aromatic carbocycles. The zero-order valence-electron chi connectivity index (χ0n) is 6.43. The number of hydrogen-bond acceptors (Lipinski definition) is 6. The van der Waals surface area contributed by atoms with Crippen molar-refractivity contribution in [1.82, 2.24) is 0 Å². The number of aldehydes is 1. The van der Waals surface area contributed by atoms with Gasteiger partial charge in [-0.1, -0.05) is 5.11 Å². The molecule has 0 unspecified atom stereocenters. The molecular formula is C5H9N3O5. The lowest BCUT2D eigenvalue weighted by Gasteiger charge is -2.20. The summed E-state index contributed by atoms with van der Waals surface area (Å²) in [5.74, 6) is 0. The Kier molecular flexibility index (Phi) is 4.97. The van der Waals surface area contributed by atoms with Crippen molar-refractivity contribution in [3.8, 4) is 0 Å². The van der Waals surface area contributed by atoms with Crippen LogP contribution in [-0.2, 0) is 4.79 Å². The van der Waals surface area contributed by atoms with Gasteiger partial charge in [0, 0.05) is 4.91 Å². The second kappa shape index (κ2) is 5.46. The maximum atomic E-state index is 9.93. The fourth-order valence-electron chi connectivity index (χ4n) is 0.580. The Morgan fingerprint density at radius 2 is 1.77 bits per heavy atom. The third kappa shape index (κ3) is 3.36. The number of hydrogen-bond donors (Lipinski definition) is 4. The van der Waals surface area contributed by atoms with Crippen molar-refractivity contribution in [2.75, 3.05) is 0 Å². The van der Waals surface area contributed by atoms with Gasteiger partial charge < -0.3 is 25.2 Å². The molecule has 0 fully saturated rings. The summed E-state index contributed by atoms with van der Waals surface area (Å²) in [6.45, 7) is 0. The second-order valence-corrected chi connectivity index (χ2v) is 2.23. The van der Waals surface area contributed by atoms with Crippen LogP contribution in [-0.4, -0.2) is 51.3 Å². The van der Waals surface area contributed by atoms with Gasteiger partial charge in [0.15, 0.2) is 12.5 Å². The minimum atomic E-state index is -1.91. The van der Waals surface area contributed by atoms with Crippen LogP contribution in [0.1, 0.15) is 0 Å². The van der Waals surface area contributed by atoms with Gasteiger partial charge in [-0.2, -0.15) is 0 Å². The highest BCUT2D eigenvalue weighted by molar-refractivity contribution is 5.56. The molecule has 0 saturated carbocycles. The number of aliphatic hydroxyl groups excluding tert-OH is 4. The molecule has 0 radical (unpaired) electrons. The topological polar surface area (TPSA) is 147 Å². The average Bonchev–Trinajstić information content (AvgIpc) is 2.14. The lowest BCUT2D eigenvalue weighted by Crippen LogP contribution is -2.44. The fourth-order valence-corrected chi connectivity index (χ4v) is 0.580. The predicted octanol–water partition coefficient (Wildman–Crippen LogP) is -2.10. The summed E-state index contributed by atoms with van der Waals surface area (Å²) in [6, 6.07) is 0. The van der Waals surface area contributed by atoms with Crippen molar-refractivity contribution in [2.24, 2.45) is 5.11 Å². The minimum absolute atomic E-state index is 0.0172. The van der Waals surface area contributed by atoms with Crippen LogP contribution in [0.3, 0.4) is 0 Å². The van der Waals surface area contributed by atoms with E-state index in [0.717, 1.165) is 0 Å². The summed E-state index contributed by atoms with van der Waals surface area (Å²) in [5, 5.41) is 38.0. The molecule has 0 spiro atoms. The van der Waals surface area contributed by atoms with E-state index in [1.807, 2.05) is 0 Å². The summed E-state index contributed by atoms with van der Waals surface area (Å²) < 4.78 is 0. The maximum Gasteiger partial charge on any atom is 0.161 e. The lowest BCUT2D eigenvalue weighted by molar-refractivity contribution is -0.133. The molecule has 74 valence electrons. The first-order chi connectivity index (χ1) is 6.04. The molecule has 0 heterocycles. The summed E-state index contributed by atoms with van der Waals surface area (Å²) in [5.41, 5.74) is 7.84. The third-order valence-electron chi connectivity index (χ3n) is 1.31. The predicted molar refractivity (Wildman–Crippen MR) is 39.2 cm³/mol. The van der Waals surface area contributed by atoms with Gasteiger partial charge in [-0.3, -0.25) is 0 Å². The third-order valence-corrected chi connectivity index (χ3v) is 1.31. The molecule has 13 heavy (non-hydrogen) atoms. The minimum Gasteiger partial charge on any atom is -0.387 e. The van der Waals surface area contributed by atoms with Crippen molar-refractivity contribution < 1.29 is 25.2 Å². The molecule has 0 amide bonds. The van der Waals surface area contributed by atoms with Gasteiger partial charge in [0.1, 0.15) is 18.3 Å². The van der Waals surface area contributed by atoms with E-state index in [2.05, 4.69) is 10.0 Å². The van der Waals surface area contributed by atoms with E-state index in [4.69, 9.17) is 26.0 Å². The van der Waals surface area contributed by atoms with E-state index in [1.165, 1.54) is 0 Å². The average molecular weight is 191 g/mol. The summed E-state index contributed by atoms with van der Waals surface area (Å²) >= 11 is 0. The van der Waals surface area contributed by atoms with Crippen LogP contribution >= 0.6 is 0 Å². The first-order valence-electron chi connectivity index (χ1n) is 3.26. The maximum absolute atomic E-state index is 9.93. The van der Waals surface area contributed by atoms with Gasteiger partial charge in [-0.25, -0.2) is 0 Å². The molecule has 0 rings (SSSR count). The van der Waals surface area contributed by atoms with Gasteiger partial charge in [-0.05, 0) is 5.53 Å². The lowest BCUT2D eigenvalue weighted by atomic mass is 10.1. The standard InChI is InChI=1S/C5H9N3O5/c6-8-7-5(13)4(12)3(11)2(10)1-9/h1-5,10-13H/t2-,3+,4-,5-/m0/s1. The summed E-state index contributed by atoms with van der Waals surface area (Å²) in [6.07, 6.45) is -7.56. The molecule has 0 aromatic rings. The normalized spacial score (nSPS) is 19.4. The van der Waals surface area contributed by atoms with Crippen LogP contribution < -0.4 is 0 Å². The second-order valence-electron chi connectivity index (χ2n) is 2.23. The van der Waals surface area contributed by atoms with Gasteiger partial charge in [-0.15, -0.1) is 0 Å². The van der Waals surface area contributed by atoms with Crippen LogP contribution in [0.4, 0.5) is 0 Å². The molecule has 0 aromatic heterocycles. The highest BCUT2D eigenvalue weighted by Gasteiger charge is 2.29. The Balaban J connectivity index is 4.31. The molecule has 0 aliphatic carbocycles. The number of carbonyl (C=O) groups is 1. The van der Waals surface area contributed by atoms with Gasteiger partial charge in [0.05, 0.1) is 0 Å². The van der Waals surface area contributed by atoms with E-state index in [-0.39, 0.29) is 6.29 Å². The van der Waals surface area contributed by atoms with Crippen molar-refractivity contribution in [3.63, 3.8) is 0 Å². The fraction of sp³-hybridized carbons (Fsp3) is 0.800. The van der Waals surface area contributed by atoms with E-state index in [0.29, 0.717) is 0 Å². The van der Waals surface area contributed by atoms with Crippen molar-refractivity contribution in [3.05, 3.63) is 10.4 Å². The summed E-state index contributed by atoms with van der Waals surface area (Å²) in [4.78, 5) is 12.1. The zero-order valence-corrected chi connectivity index (χ0v) is 6.43. The first-order valence-corrected chi connectivity index (χ1v) is 3.26. The van der Waals surface area contributed by atoms with E-state index in [9.17, 15) is 4.79 Å². The monoisotopic (exact) mass is 191 g/mol. The molecule has 4 atom stereocenters. The van der Waals surface area contributed by atoms with Gasteiger partial charge >= 0.3 is 0 Å². The van der Waals surface area contributed by atoms with E-state index >= 15 is 0 Å². The Morgan fingerprint density at radius 3 is 2.15 bits per heavy atom. The molecule has 0 saturated heterocycles. The van der Waals surface area contributed by atoms with Crippen molar-refractivity contribution in [1.29, 1.82) is 0 Å². The number of nitrogens with zero attached hydrogens (tertiary/aromatic N) is 3. The van der Waals surface area contributed by atoms with Gasteiger partial charge in [0.2, 0.25) is 0 Å². The number of rotatable bonds is 5. The summed E-state index contributed by atoms with van der Waals surface area (Å²) in [7, 11) is 0.